The van der Waals surface area contributed by atoms with Gasteiger partial charge in [-0.3, -0.25) is 10.1 Å². The Morgan fingerprint density at radius 1 is 1.11 bits per heavy atom. The largest absolute Gasteiger partial charge is 0.384 e. The Morgan fingerprint density at radius 2 is 1.74 bits per heavy atom. The Bertz CT molecular complexity index is 666. The number of benzene rings is 1. The maximum atomic E-state index is 11.1. The van der Waals surface area contributed by atoms with Gasteiger partial charge in [-0.15, -0.1) is 0 Å². The molecule has 2 N–H and O–H groups in total. The molecule has 2 aromatic rings. The number of pyridine rings is 1. The van der Waals surface area contributed by atoms with Crippen molar-refractivity contribution >= 4 is 11.5 Å². The highest BCUT2D eigenvalue weighted by molar-refractivity contribution is 5.74. The third-order valence-corrected chi connectivity index (χ3v) is 3.19. The first-order chi connectivity index (χ1) is 8.90. The van der Waals surface area contributed by atoms with E-state index >= 15 is 0 Å². The summed E-state index contributed by atoms with van der Waals surface area (Å²) in [5.74, 6) is 0.276. The summed E-state index contributed by atoms with van der Waals surface area (Å²) >= 11 is 0. The van der Waals surface area contributed by atoms with Gasteiger partial charge in [-0.1, -0.05) is 6.07 Å². The van der Waals surface area contributed by atoms with Crippen LogP contribution < -0.4 is 5.73 Å². The van der Waals surface area contributed by atoms with Crippen LogP contribution in [0.4, 0.5) is 11.5 Å². The Kier molecular flexibility index (Phi) is 3.21. The Morgan fingerprint density at radius 3 is 2.37 bits per heavy atom. The van der Waals surface area contributed by atoms with Gasteiger partial charge in [0.25, 0.3) is 5.69 Å². The van der Waals surface area contributed by atoms with E-state index < -0.39 is 4.92 Å². The van der Waals surface area contributed by atoms with Gasteiger partial charge >= 0.3 is 0 Å². The lowest BCUT2D eigenvalue weighted by atomic mass is 9.97. The molecule has 0 aliphatic heterocycles. The van der Waals surface area contributed by atoms with E-state index in [9.17, 15) is 10.1 Å². The minimum atomic E-state index is -0.434. The summed E-state index contributed by atoms with van der Waals surface area (Å²) in [4.78, 5) is 14.8. The van der Waals surface area contributed by atoms with Crippen molar-refractivity contribution in [3.05, 3.63) is 51.1 Å². The molecule has 0 radical (unpaired) electrons. The summed E-state index contributed by atoms with van der Waals surface area (Å²) in [7, 11) is 0. The second-order valence-corrected chi connectivity index (χ2v) is 4.61. The van der Waals surface area contributed by atoms with Crippen LogP contribution in [0.5, 0.6) is 0 Å². The molecule has 0 unspecified atom stereocenters. The molecule has 0 saturated carbocycles. The molecule has 1 heterocycles. The van der Waals surface area contributed by atoms with Crippen molar-refractivity contribution in [2.75, 3.05) is 5.73 Å². The molecule has 19 heavy (non-hydrogen) atoms. The molecule has 0 aliphatic rings. The van der Waals surface area contributed by atoms with E-state index in [0.29, 0.717) is 5.69 Å². The Labute approximate surface area is 111 Å². The average Bonchev–Trinajstić information content (AvgIpc) is 2.33. The number of nitrogens with zero attached hydrogens (tertiary/aromatic N) is 2. The highest BCUT2D eigenvalue weighted by Gasteiger charge is 2.19. The molecule has 0 saturated heterocycles. The fraction of sp³-hybridized carbons (Fsp3) is 0.214. The van der Waals surface area contributed by atoms with Crippen LogP contribution in [0.25, 0.3) is 11.3 Å². The number of nitrogens with two attached hydrogens (primary N) is 1. The van der Waals surface area contributed by atoms with Gasteiger partial charge in [0.1, 0.15) is 5.82 Å². The van der Waals surface area contributed by atoms with Gasteiger partial charge in [0.2, 0.25) is 0 Å². The van der Waals surface area contributed by atoms with Crippen LogP contribution in [0.3, 0.4) is 0 Å². The van der Waals surface area contributed by atoms with E-state index in [2.05, 4.69) is 4.98 Å². The van der Waals surface area contributed by atoms with Gasteiger partial charge < -0.3 is 5.73 Å². The summed E-state index contributed by atoms with van der Waals surface area (Å²) in [5.41, 5.74) is 9.86. The number of nitro groups is 1. The zero-order chi connectivity index (χ0) is 14.2. The highest BCUT2D eigenvalue weighted by Crippen LogP contribution is 2.32. The molecular formula is C14H15N3O2. The molecule has 0 spiro atoms. The molecule has 0 fully saturated rings. The molecule has 98 valence electrons. The SMILES string of the molecule is Cc1cc(C)c(-c2nc(N)ccc2[N+](=O)[O-])cc1C. The maximum Gasteiger partial charge on any atom is 0.295 e. The zero-order valence-corrected chi connectivity index (χ0v) is 11.1. The minimum absolute atomic E-state index is 0.0273. The van der Waals surface area contributed by atoms with E-state index in [4.69, 9.17) is 5.73 Å². The maximum absolute atomic E-state index is 11.1. The molecule has 0 aliphatic carbocycles. The Balaban J connectivity index is 2.74. The number of rotatable bonds is 2. The van der Waals surface area contributed by atoms with Crippen molar-refractivity contribution < 1.29 is 4.92 Å². The van der Waals surface area contributed by atoms with Crippen molar-refractivity contribution in [2.45, 2.75) is 20.8 Å². The number of nitrogen functional groups attached to an aromatic ring is 1. The molecule has 1 aromatic heterocycles. The van der Waals surface area contributed by atoms with Gasteiger partial charge in [-0.05, 0) is 49.6 Å². The number of aryl methyl sites for hydroxylation is 3. The average molecular weight is 257 g/mol. The third kappa shape index (κ3) is 2.40. The fourth-order valence-electron chi connectivity index (χ4n) is 2.03. The van der Waals surface area contributed by atoms with Crippen LogP contribution in [-0.4, -0.2) is 9.91 Å². The second-order valence-electron chi connectivity index (χ2n) is 4.61. The Hall–Kier alpha value is -2.43. The third-order valence-electron chi connectivity index (χ3n) is 3.19. The molecule has 1 aromatic carbocycles. The summed E-state index contributed by atoms with van der Waals surface area (Å²) in [6.07, 6.45) is 0. The summed E-state index contributed by atoms with van der Waals surface area (Å²) in [5, 5.41) is 11.1. The second kappa shape index (κ2) is 4.68. The van der Waals surface area contributed by atoms with Gasteiger partial charge in [-0.25, -0.2) is 4.98 Å². The fourth-order valence-corrected chi connectivity index (χ4v) is 2.03. The molecule has 2 rings (SSSR count). The number of hydrogen-bond acceptors (Lipinski definition) is 4. The number of hydrogen-bond donors (Lipinski definition) is 1. The van der Waals surface area contributed by atoms with E-state index in [1.54, 1.807) is 0 Å². The zero-order valence-electron chi connectivity index (χ0n) is 11.1. The van der Waals surface area contributed by atoms with Crippen LogP contribution in [0.1, 0.15) is 16.7 Å². The van der Waals surface area contributed by atoms with E-state index in [-0.39, 0.29) is 11.5 Å². The first-order valence-electron chi connectivity index (χ1n) is 5.89. The van der Waals surface area contributed by atoms with Crippen molar-refractivity contribution in [3.63, 3.8) is 0 Å². The predicted molar refractivity (Wildman–Crippen MR) is 75.0 cm³/mol. The predicted octanol–water partition coefficient (Wildman–Crippen LogP) is 3.16. The van der Waals surface area contributed by atoms with Gasteiger partial charge in [0.05, 0.1) is 4.92 Å². The molecule has 0 bridgehead atoms. The lowest BCUT2D eigenvalue weighted by Crippen LogP contribution is -2.00. The first-order valence-corrected chi connectivity index (χ1v) is 5.89. The number of aromatic nitrogens is 1. The van der Waals surface area contributed by atoms with Gasteiger partial charge in [0.15, 0.2) is 5.69 Å². The quantitative estimate of drug-likeness (QED) is 0.661. The van der Waals surface area contributed by atoms with Crippen molar-refractivity contribution in [3.8, 4) is 11.3 Å². The van der Waals surface area contributed by atoms with Crippen LogP contribution in [0.15, 0.2) is 24.3 Å². The highest BCUT2D eigenvalue weighted by atomic mass is 16.6. The monoisotopic (exact) mass is 257 g/mol. The lowest BCUT2D eigenvalue weighted by molar-refractivity contribution is -0.384. The van der Waals surface area contributed by atoms with Crippen LogP contribution in [0, 0.1) is 30.9 Å². The minimum Gasteiger partial charge on any atom is -0.384 e. The van der Waals surface area contributed by atoms with Crippen molar-refractivity contribution in [2.24, 2.45) is 0 Å². The lowest BCUT2D eigenvalue weighted by Gasteiger charge is -2.10. The molecule has 0 amide bonds. The smallest absolute Gasteiger partial charge is 0.295 e. The summed E-state index contributed by atoms with van der Waals surface area (Å²) in [6.45, 7) is 5.89. The molecule has 0 atom stereocenters. The molecule has 5 heteroatoms. The number of anilines is 1. The normalized spacial score (nSPS) is 10.5. The summed E-state index contributed by atoms with van der Waals surface area (Å²) in [6, 6.07) is 6.75. The molecule has 5 nitrogen and oxygen atoms in total. The van der Waals surface area contributed by atoms with Gasteiger partial charge in [-0.2, -0.15) is 0 Å². The first kappa shape index (κ1) is 13.0. The van der Waals surface area contributed by atoms with Crippen LogP contribution >= 0.6 is 0 Å². The molecular weight excluding hydrogens is 242 g/mol. The standard InChI is InChI=1S/C14H15N3O2/c1-8-6-10(3)11(7-9(8)2)14-12(17(18)19)4-5-13(15)16-14/h4-7H,1-3H3,(H2,15,16). The topological polar surface area (TPSA) is 82.0 Å². The van der Waals surface area contributed by atoms with Crippen molar-refractivity contribution in [1.82, 2.24) is 4.98 Å². The van der Waals surface area contributed by atoms with Crippen LogP contribution in [0.2, 0.25) is 0 Å². The van der Waals surface area contributed by atoms with E-state index in [0.717, 1.165) is 22.3 Å². The van der Waals surface area contributed by atoms with Gasteiger partial charge in [0, 0.05) is 11.6 Å². The van der Waals surface area contributed by atoms with E-state index in [1.165, 1.54) is 12.1 Å². The van der Waals surface area contributed by atoms with E-state index in [1.807, 2.05) is 32.9 Å². The summed E-state index contributed by atoms with van der Waals surface area (Å²) < 4.78 is 0. The van der Waals surface area contributed by atoms with Crippen LogP contribution in [-0.2, 0) is 0 Å². The van der Waals surface area contributed by atoms with Crippen molar-refractivity contribution in [1.29, 1.82) is 0 Å².